The molecule has 0 aromatic heterocycles. The lowest BCUT2D eigenvalue weighted by Gasteiger charge is -2.16. The molecule has 90 valence electrons. The number of hydrazine groups is 2. The van der Waals surface area contributed by atoms with Gasteiger partial charge in [0, 0.05) is 10.8 Å². The summed E-state index contributed by atoms with van der Waals surface area (Å²) in [7, 11) is 0. The maximum atomic E-state index is 5.64. The second kappa shape index (κ2) is 4.18. The van der Waals surface area contributed by atoms with Gasteiger partial charge in [-0.2, -0.15) is 0 Å². The van der Waals surface area contributed by atoms with Gasteiger partial charge in [-0.1, -0.05) is 48.5 Å². The average Bonchev–Trinajstić information content (AvgIpc) is 2.45. The van der Waals surface area contributed by atoms with E-state index in [0.29, 0.717) is 0 Å². The Hall–Kier alpha value is -2.30. The van der Waals surface area contributed by atoms with Crippen molar-refractivity contribution >= 4 is 32.9 Å². The summed E-state index contributed by atoms with van der Waals surface area (Å²) >= 11 is 0. The molecule has 6 N–H and O–H groups in total. The van der Waals surface area contributed by atoms with E-state index in [0.717, 1.165) is 32.9 Å². The predicted octanol–water partition coefficient (Wildman–Crippen LogP) is 2.56. The van der Waals surface area contributed by atoms with Crippen molar-refractivity contribution in [3.8, 4) is 0 Å². The molecule has 0 fully saturated rings. The Kier molecular flexibility index (Phi) is 2.51. The van der Waals surface area contributed by atoms with Crippen LogP contribution in [0.25, 0.3) is 21.5 Å². The van der Waals surface area contributed by atoms with E-state index in [1.807, 2.05) is 36.4 Å². The molecule has 0 radical (unpaired) electrons. The van der Waals surface area contributed by atoms with Crippen LogP contribution in [0.3, 0.4) is 0 Å². The van der Waals surface area contributed by atoms with E-state index in [1.54, 1.807) is 0 Å². The molecule has 4 heteroatoms. The molecular weight excluding hydrogens is 224 g/mol. The second-order valence-electron chi connectivity index (χ2n) is 4.13. The Morgan fingerprint density at radius 3 is 1.22 bits per heavy atom. The van der Waals surface area contributed by atoms with Crippen molar-refractivity contribution in [3.63, 3.8) is 0 Å². The van der Waals surface area contributed by atoms with Crippen LogP contribution in [0.4, 0.5) is 11.4 Å². The smallest absolute Gasteiger partial charge is 0.0817 e. The summed E-state index contributed by atoms with van der Waals surface area (Å²) in [5.74, 6) is 11.3. The van der Waals surface area contributed by atoms with Crippen molar-refractivity contribution in [2.45, 2.75) is 0 Å². The molecule has 0 spiro atoms. The largest absolute Gasteiger partial charge is 0.322 e. The van der Waals surface area contributed by atoms with Crippen molar-refractivity contribution in [3.05, 3.63) is 48.5 Å². The van der Waals surface area contributed by atoms with Crippen molar-refractivity contribution in [2.24, 2.45) is 11.7 Å². The molecule has 0 unspecified atom stereocenters. The van der Waals surface area contributed by atoms with Gasteiger partial charge >= 0.3 is 0 Å². The first kappa shape index (κ1) is 10.8. The number of nitrogens with one attached hydrogen (secondary N) is 2. The maximum Gasteiger partial charge on any atom is 0.0817 e. The summed E-state index contributed by atoms with van der Waals surface area (Å²) in [5, 5.41) is 4.40. The molecule has 4 nitrogen and oxygen atoms in total. The predicted molar refractivity (Wildman–Crippen MR) is 77.1 cm³/mol. The topological polar surface area (TPSA) is 76.1 Å². The van der Waals surface area contributed by atoms with Gasteiger partial charge in [0.2, 0.25) is 0 Å². The summed E-state index contributed by atoms with van der Waals surface area (Å²) in [4.78, 5) is 0. The highest BCUT2D eigenvalue weighted by molar-refractivity contribution is 6.19. The minimum Gasteiger partial charge on any atom is -0.322 e. The fraction of sp³-hybridized carbons (Fsp3) is 0. The second-order valence-corrected chi connectivity index (χ2v) is 4.13. The lowest BCUT2D eigenvalue weighted by Crippen LogP contribution is -2.14. The Balaban J connectivity index is 2.61. The van der Waals surface area contributed by atoms with Gasteiger partial charge in [0.25, 0.3) is 0 Å². The van der Waals surface area contributed by atoms with Gasteiger partial charge in [0.05, 0.1) is 11.4 Å². The third-order valence-electron chi connectivity index (χ3n) is 3.22. The first-order chi connectivity index (χ1) is 8.86. The number of hydrogen-bond donors (Lipinski definition) is 4. The van der Waals surface area contributed by atoms with Gasteiger partial charge < -0.3 is 10.9 Å². The quantitative estimate of drug-likeness (QED) is 0.239. The molecule has 0 aliphatic carbocycles. The summed E-state index contributed by atoms with van der Waals surface area (Å²) < 4.78 is 0. The van der Waals surface area contributed by atoms with E-state index >= 15 is 0 Å². The highest BCUT2D eigenvalue weighted by Crippen LogP contribution is 2.38. The molecule has 0 bridgehead atoms. The van der Waals surface area contributed by atoms with Crippen molar-refractivity contribution < 1.29 is 0 Å². The van der Waals surface area contributed by atoms with Gasteiger partial charge in [0.1, 0.15) is 0 Å². The van der Waals surface area contributed by atoms with Gasteiger partial charge in [0.15, 0.2) is 0 Å². The summed E-state index contributed by atoms with van der Waals surface area (Å²) in [6, 6.07) is 16.2. The highest BCUT2D eigenvalue weighted by Gasteiger charge is 2.11. The first-order valence-electron chi connectivity index (χ1n) is 5.73. The molecule has 0 heterocycles. The van der Waals surface area contributed by atoms with E-state index < -0.39 is 0 Å². The van der Waals surface area contributed by atoms with Crippen LogP contribution in [0.1, 0.15) is 0 Å². The number of rotatable bonds is 2. The maximum absolute atomic E-state index is 5.64. The molecule has 3 aromatic rings. The van der Waals surface area contributed by atoms with Gasteiger partial charge in [-0.15, -0.1) is 0 Å². The van der Waals surface area contributed by atoms with Crippen LogP contribution in [-0.4, -0.2) is 0 Å². The average molecular weight is 238 g/mol. The molecule has 0 atom stereocenters. The minimum absolute atomic E-state index is 0.812. The molecule has 0 saturated heterocycles. The van der Waals surface area contributed by atoms with Crippen LogP contribution in [0.5, 0.6) is 0 Å². The zero-order chi connectivity index (χ0) is 12.5. The molecule has 0 amide bonds. The van der Waals surface area contributed by atoms with Gasteiger partial charge in [-0.25, -0.2) is 0 Å². The molecule has 0 aliphatic heterocycles. The van der Waals surface area contributed by atoms with Gasteiger partial charge in [-0.3, -0.25) is 11.7 Å². The molecule has 18 heavy (non-hydrogen) atoms. The third-order valence-corrected chi connectivity index (χ3v) is 3.22. The first-order valence-corrected chi connectivity index (χ1v) is 5.73. The monoisotopic (exact) mass is 238 g/mol. The lowest BCUT2D eigenvalue weighted by molar-refractivity contribution is 1.32. The number of hydrogen-bond acceptors (Lipinski definition) is 4. The molecule has 0 aliphatic rings. The van der Waals surface area contributed by atoms with Crippen LogP contribution in [-0.2, 0) is 0 Å². The number of anilines is 2. The third kappa shape index (κ3) is 1.40. The summed E-state index contributed by atoms with van der Waals surface area (Å²) in [5.41, 5.74) is 7.10. The van der Waals surface area contributed by atoms with Crippen LogP contribution < -0.4 is 22.5 Å². The standard InChI is InChI=1S/C14H14N4/c15-17-13-11-7-3-1-5-9(11)10-6-2-4-8-12(10)14(13)18-16/h1-8,17-18H,15-16H2. The highest BCUT2D eigenvalue weighted by atomic mass is 15.3. The fourth-order valence-corrected chi connectivity index (χ4v) is 2.44. The van der Waals surface area contributed by atoms with Crippen LogP contribution in [0.15, 0.2) is 48.5 Å². The zero-order valence-electron chi connectivity index (χ0n) is 9.77. The number of nitrogen functional groups attached to an aromatic ring is 2. The lowest BCUT2D eigenvalue weighted by atomic mass is 9.98. The van der Waals surface area contributed by atoms with Crippen LogP contribution >= 0.6 is 0 Å². The van der Waals surface area contributed by atoms with Crippen molar-refractivity contribution in [2.75, 3.05) is 10.9 Å². The minimum atomic E-state index is 0.812. The van der Waals surface area contributed by atoms with E-state index in [9.17, 15) is 0 Å². The summed E-state index contributed by atoms with van der Waals surface area (Å²) in [6.45, 7) is 0. The Morgan fingerprint density at radius 1 is 0.556 bits per heavy atom. The van der Waals surface area contributed by atoms with E-state index in [2.05, 4.69) is 23.0 Å². The van der Waals surface area contributed by atoms with Crippen molar-refractivity contribution in [1.82, 2.24) is 0 Å². The molecule has 3 rings (SSSR count). The molecule has 3 aromatic carbocycles. The Bertz CT molecular complexity index is 659. The summed E-state index contributed by atoms with van der Waals surface area (Å²) in [6.07, 6.45) is 0. The number of benzene rings is 3. The van der Waals surface area contributed by atoms with E-state index in [-0.39, 0.29) is 0 Å². The Labute approximate surface area is 105 Å². The molecule has 0 saturated carbocycles. The Morgan fingerprint density at radius 2 is 0.889 bits per heavy atom. The van der Waals surface area contributed by atoms with E-state index in [4.69, 9.17) is 11.7 Å². The fourth-order valence-electron chi connectivity index (χ4n) is 2.44. The van der Waals surface area contributed by atoms with Crippen LogP contribution in [0.2, 0.25) is 0 Å². The normalized spacial score (nSPS) is 10.8. The SMILES string of the molecule is NNc1c(NN)c2ccccc2c2ccccc12. The molecular formula is C14H14N4. The van der Waals surface area contributed by atoms with E-state index in [1.165, 1.54) is 0 Å². The number of fused-ring (bicyclic) bond motifs is 3. The van der Waals surface area contributed by atoms with Crippen molar-refractivity contribution in [1.29, 1.82) is 0 Å². The van der Waals surface area contributed by atoms with Crippen LogP contribution in [0, 0.1) is 0 Å². The van der Waals surface area contributed by atoms with Gasteiger partial charge in [-0.05, 0) is 10.8 Å². The number of nitrogens with two attached hydrogens (primary N) is 2. The zero-order valence-corrected chi connectivity index (χ0v) is 9.77.